The zero-order valence-corrected chi connectivity index (χ0v) is 24.9. The number of unbranched alkanes of at least 4 members (excludes halogenated alkanes) is 11. The summed E-state index contributed by atoms with van der Waals surface area (Å²) in [6.45, 7) is 6.78. The van der Waals surface area contributed by atoms with Gasteiger partial charge in [-0.3, -0.25) is 9.98 Å². The predicted octanol–water partition coefficient (Wildman–Crippen LogP) is 11.2. The predicted molar refractivity (Wildman–Crippen MR) is 162 cm³/mol. The first-order chi connectivity index (χ1) is 17.7. The van der Waals surface area contributed by atoms with Gasteiger partial charge in [0.2, 0.25) is 0 Å². The Morgan fingerprint density at radius 3 is 1.46 bits per heavy atom. The Morgan fingerprint density at radius 2 is 0.973 bits per heavy atom. The Kier molecular flexibility index (Phi) is 20.0. The molecule has 0 aliphatic rings. The molecule has 0 aromatic heterocycles. The van der Waals surface area contributed by atoms with E-state index in [0.717, 1.165) is 36.3 Å². The topological polar surface area (TPSA) is 24.7 Å². The minimum atomic E-state index is 0. The van der Waals surface area contributed by atoms with E-state index < -0.39 is 0 Å². The van der Waals surface area contributed by atoms with Gasteiger partial charge in [-0.25, -0.2) is 0 Å². The van der Waals surface area contributed by atoms with Crippen molar-refractivity contribution in [1.29, 1.82) is 0 Å². The molecule has 0 fully saturated rings. The van der Waals surface area contributed by atoms with Gasteiger partial charge in [0.1, 0.15) is 0 Å². The van der Waals surface area contributed by atoms with E-state index in [1.165, 1.54) is 101 Å². The average molecular weight is 547 g/mol. The molecule has 0 spiro atoms. The minimum absolute atomic E-state index is 0. The number of benzene rings is 2. The van der Waals surface area contributed by atoms with Crippen LogP contribution in [0.1, 0.15) is 128 Å². The Labute approximate surface area is 238 Å². The summed E-state index contributed by atoms with van der Waals surface area (Å²) in [5.74, 6) is 0. The van der Waals surface area contributed by atoms with E-state index in [9.17, 15) is 0 Å². The van der Waals surface area contributed by atoms with E-state index in [2.05, 4.69) is 69.3 Å². The molecule has 0 saturated carbocycles. The van der Waals surface area contributed by atoms with Crippen LogP contribution in [-0.4, -0.2) is 11.9 Å². The molecule has 2 nitrogen and oxygen atoms in total. The van der Waals surface area contributed by atoms with Crippen molar-refractivity contribution in [2.24, 2.45) is 9.98 Å². The number of aryl methyl sites for hydroxylation is 2. The van der Waals surface area contributed by atoms with Crippen molar-refractivity contribution in [3.05, 3.63) is 59.7 Å². The molecule has 2 aromatic carbocycles. The fraction of sp³-hybridized carbons (Fsp3) is 0.588. The van der Waals surface area contributed by atoms with Crippen LogP contribution in [0.5, 0.6) is 0 Å². The molecule has 37 heavy (non-hydrogen) atoms. The van der Waals surface area contributed by atoms with E-state index in [1.807, 2.05) is 6.21 Å². The van der Waals surface area contributed by atoms with Crippen molar-refractivity contribution in [2.75, 3.05) is 0 Å². The van der Waals surface area contributed by atoms with Crippen LogP contribution in [0.4, 0.5) is 11.4 Å². The zero-order chi connectivity index (χ0) is 25.7. The van der Waals surface area contributed by atoms with Crippen LogP contribution in [0.25, 0.3) is 0 Å². The second-order valence-corrected chi connectivity index (χ2v) is 10.3. The Bertz CT molecular complexity index is 852. The average Bonchev–Trinajstić information content (AvgIpc) is 2.91. The van der Waals surface area contributed by atoms with Crippen LogP contribution in [-0.2, 0) is 29.3 Å². The first-order valence-electron chi connectivity index (χ1n) is 15.0. The first kappa shape index (κ1) is 33.3. The largest absolute Gasteiger partial charge is 0.255 e. The molecule has 0 heterocycles. The van der Waals surface area contributed by atoms with E-state index in [1.54, 1.807) is 0 Å². The standard InChI is InChI=1S/C34H52N2.Ni/c1-4-7-10-12-14-16-18-30-21-25-32(26-22-30)35-29-34(20-9-6-3)36-33-27-23-31(24-28-33)19-17-15-13-11-8-5-2;/h21-29H,4-20H2,1-3H3;/b35-29+,36-34+;. The van der Waals surface area contributed by atoms with Gasteiger partial charge >= 0.3 is 0 Å². The molecule has 2 aromatic rings. The maximum Gasteiger partial charge on any atom is 0.0633 e. The van der Waals surface area contributed by atoms with Crippen LogP contribution in [0.2, 0.25) is 0 Å². The van der Waals surface area contributed by atoms with Crippen LogP contribution in [0.15, 0.2) is 58.5 Å². The van der Waals surface area contributed by atoms with Gasteiger partial charge in [-0.05, 0) is 73.9 Å². The summed E-state index contributed by atoms with van der Waals surface area (Å²) >= 11 is 0. The number of hydrogen-bond acceptors (Lipinski definition) is 2. The molecule has 0 bridgehead atoms. The maximum absolute atomic E-state index is 4.94. The first-order valence-corrected chi connectivity index (χ1v) is 15.0. The number of nitrogens with zero attached hydrogens (tertiary/aromatic N) is 2. The molecule has 0 unspecified atom stereocenters. The van der Waals surface area contributed by atoms with Crippen molar-refractivity contribution in [1.82, 2.24) is 0 Å². The third kappa shape index (κ3) is 16.0. The summed E-state index contributed by atoms with van der Waals surface area (Å²) in [4.78, 5) is 9.70. The van der Waals surface area contributed by atoms with Gasteiger partial charge in [0, 0.05) is 22.7 Å². The normalized spacial score (nSPS) is 11.7. The summed E-state index contributed by atoms with van der Waals surface area (Å²) in [5, 5.41) is 0. The van der Waals surface area contributed by atoms with Gasteiger partial charge < -0.3 is 0 Å². The summed E-state index contributed by atoms with van der Waals surface area (Å²) in [7, 11) is 0. The SMILES string of the molecule is CCCCCCCCc1ccc(/N=C/C(CCCC)=N/c2ccc(CCCCCCCC)cc2)cc1.[Ni]. The summed E-state index contributed by atoms with van der Waals surface area (Å²) < 4.78 is 0. The molecule has 0 aliphatic carbocycles. The third-order valence-electron chi connectivity index (χ3n) is 6.93. The van der Waals surface area contributed by atoms with Crippen LogP contribution in [0.3, 0.4) is 0 Å². The van der Waals surface area contributed by atoms with Gasteiger partial charge in [0.25, 0.3) is 0 Å². The summed E-state index contributed by atoms with van der Waals surface area (Å²) in [6.07, 6.45) is 23.8. The van der Waals surface area contributed by atoms with Crippen LogP contribution in [0, 0.1) is 0 Å². The minimum Gasteiger partial charge on any atom is -0.255 e. The van der Waals surface area contributed by atoms with Crippen LogP contribution < -0.4 is 0 Å². The molecule has 0 aliphatic heterocycles. The second kappa shape index (κ2) is 22.3. The van der Waals surface area contributed by atoms with Crippen molar-refractivity contribution in [3.63, 3.8) is 0 Å². The molecule has 0 N–H and O–H groups in total. The van der Waals surface area contributed by atoms with E-state index in [-0.39, 0.29) is 16.5 Å². The number of rotatable bonds is 20. The quantitative estimate of drug-likeness (QED) is 0.0895. The molecule has 208 valence electrons. The molecule has 0 amide bonds. The molecular formula is C34H52N2Ni. The van der Waals surface area contributed by atoms with E-state index in [0.29, 0.717) is 0 Å². The zero-order valence-electron chi connectivity index (χ0n) is 23.9. The molecule has 3 heteroatoms. The smallest absolute Gasteiger partial charge is 0.0633 e. The molecule has 0 radical (unpaired) electrons. The van der Waals surface area contributed by atoms with Crippen molar-refractivity contribution < 1.29 is 16.5 Å². The van der Waals surface area contributed by atoms with Gasteiger partial charge in [0.05, 0.1) is 17.1 Å². The third-order valence-corrected chi connectivity index (χ3v) is 6.93. The molecule has 0 saturated heterocycles. The van der Waals surface area contributed by atoms with Crippen molar-refractivity contribution in [3.8, 4) is 0 Å². The van der Waals surface area contributed by atoms with Gasteiger partial charge in [-0.15, -0.1) is 0 Å². The fourth-order valence-corrected chi connectivity index (χ4v) is 4.53. The monoisotopic (exact) mass is 546 g/mol. The maximum atomic E-state index is 4.94. The molecule has 2 rings (SSSR count). The Hall–Kier alpha value is -1.73. The number of hydrogen-bond donors (Lipinski definition) is 0. The van der Waals surface area contributed by atoms with Gasteiger partial charge in [-0.1, -0.05) is 116 Å². The summed E-state index contributed by atoms with van der Waals surface area (Å²) in [6, 6.07) is 17.6. The Morgan fingerprint density at radius 1 is 0.541 bits per heavy atom. The van der Waals surface area contributed by atoms with E-state index >= 15 is 0 Å². The molecule has 0 atom stereocenters. The fourth-order valence-electron chi connectivity index (χ4n) is 4.53. The van der Waals surface area contributed by atoms with Crippen LogP contribution >= 0.6 is 0 Å². The van der Waals surface area contributed by atoms with E-state index in [4.69, 9.17) is 9.98 Å². The van der Waals surface area contributed by atoms with Crippen molar-refractivity contribution in [2.45, 2.75) is 130 Å². The number of aliphatic imine (C=N–C) groups is 2. The van der Waals surface area contributed by atoms with Crippen molar-refractivity contribution >= 4 is 23.3 Å². The second-order valence-electron chi connectivity index (χ2n) is 10.3. The Balaban J connectivity index is 0.00000684. The summed E-state index contributed by atoms with van der Waals surface area (Å²) in [5.41, 5.74) is 5.96. The molecular weight excluding hydrogens is 495 g/mol. The van der Waals surface area contributed by atoms with Gasteiger partial charge in [0.15, 0.2) is 0 Å². The van der Waals surface area contributed by atoms with Gasteiger partial charge in [-0.2, -0.15) is 0 Å².